The lowest BCUT2D eigenvalue weighted by molar-refractivity contribution is -0.155. The second kappa shape index (κ2) is 10.4. The van der Waals surface area contributed by atoms with E-state index in [1.807, 2.05) is 0 Å². The summed E-state index contributed by atoms with van der Waals surface area (Å²) in [7, 11) is -3.42. The summed E-state index contributed by atoms with van der Waals surface area (Å²) in [5, 5.41) is -0.348. The molecule has 36 heavy (non-hydrogen) atoms. The topological polar surface area (TPSA) is 69.7 Å². The van der Waals surface area contributed by atoms with Crippen LogP contribution in [0.5, 0.6) is 0 Å². The van der Waals surface area contributed by atoms with Crippen LogP contribution in [0.4, 0.5) is 0 Å². The van der Waals surface area contributed by atoms with Gasteiger partial charge in [-0.1, -0.05) is 61.0 Å². The van der Waals surface area contributed by atoms with Gasteiger partial charge in [0.05, 0.1) is 16.1 Å². The van der Waals surface area contributed by atoms with Crippen molar-refractivity contribution in [1.82, 2.24) is 0 Å². The Morgan fingerprint density at radius 1 is 0.889 bits per heavy atom. The van der Waals surface area contributed by atoms with Gasteiger partial charge in [-0.05, 0) is 56.2 Å². The number of carbonyl (C=O) groups is 1. The third-order valence-electron chi connectivity index (χ3n) is 7.18. The summed E-state index contributed by atoms with van der Waals surface area (Å²) < 4.78 is 33.6. The zero-order valence-corrected chi connectivity index (χ0v) is 22.1. The number of esters is 1. The maximum Gasteiger partial charge on any atom is 0.305 e. The van der Waals surface area contributed by atoms with Gasteiger partial charge in [-0.15, -0.1) is 0 Å². The summed E-state index contributed by atoms with van der Waals surface area (Å²) in [6.45, 7) is 3.86. The van der Waals surface area contributed by atoms with Crippen LogP contribution in [0.3, 0.4) is 0 Å². The first-order chi connectivity index (χ1) is 17.4. The van der Waals surface area contributed by atoms with E-state index in [2.05, 4.69) is 91.9 Å². The zero-order valence-electron chi connectivity index (χ0n) is 20.4. The van der Waals surface area contributed by atoms with Crippen LogP contribution in [0.1, 0.15) is 31.7 Å². The van der Waals surface area contributed by atoms with E-state index in [1.165, 1.54) is 20.2 Å². The van der Waals surface area contributed by atoms with Crippen molar-refractivity contribution >= 4 is 27.0 Å². The molecule has 3 aliphatic rings. The molecule has 5 unspecified atom stereocenters. The van der Waals surface area contributed by atoms with Gasteiger partial charge in [-0.2, -0.15) is 8.42 Å². The number of benzene rings is 3. The summed E-state index contributed by atoms with van der Waals surface area (Å²) in [5.74, 6) is -0.0561. The molecule has 2 saturated carbocycles. The van der Waals surface area contributed by atoms with Gasteiger partial charge in [0.2, 0.25) is 0 Å². The minimum Gasteiger partial charge on any atom is -0.459 e. The molecule has 1 heterocycles. The first-order valence-corrected chi connectivity index (χ1v) is 15.1. The highest BCUT2D eigenvalue weighted by Crippen LogP contribution is 2.55. The summed E-state index contributed by atoms with van der Waals surface area (Å²) in [6, 6.07) is 30.4. The zero-order chi connectivity index (χ0) is 25.3. The van der Waals surface area contributed by atoms with E-state index in [1.54, 1.807) is 6.92 Å². The van der Waals surface area contributed by atoms with Crippen LogP contribution in [-0.2, 0) is 34.7 Å². The maximum absolute atomic E-state index is 11.6. The highest BCUT2D eigenvalue weighted by Gasteiger charge is 2.65. The fourth-order valence-electron chi connectivity index (χ4n) is 5.48. The minimum absolute atomic E-state index is 0.0229. The van der Waals surface area contributed by atoms with Crippen molar-refractivity contribution < 1.29 is 22.1 Å². The molecule has 0 N–H and O–H groups in total. The molecule has 5 atom stereocenters. The van der Waals surface area contributed by atoms with Gasteiger partial charge < -0.3 is 4.74 Å². The lowest BCUT2D eigenvalue weighted by Crippen LogP contribution is -2.37. The van der Waals surface area contributed by atoms with E-state index in [0.29, 0.717) is 12.8 Å². The number of carbonyl (C=O) groups excluding carboxylic acids is 1. The molecule has 2 bridgehead atoms. The molecule has 2 aliphatic carbocycles. The van der Waals surface area contributed by atoms with Crippen LogP contribution in [-0.4, -0.2) is 31.8 Å². The van der Waals surface area contributed by atoms with Gasteiger partial charge in [0, 0.05) is 18.3 Å². The van der Waals surface area contributed by atoms with Crippen molar-refractivity contribution in [2.75, 3.05) is 0 Å². The molecule has 0 amide bonds. The number of hydrogen-bond donors (Lipinski definition) is 0. The number of ether oxygens (including phenoxy) is 1. The molecule has 188 valence electrons. The monoisotopic (exact) mass is 523 g/mol. The van der Waals surface area contributed by atoms with E-state index in [4.69, 9.17) is 8.92 Å². The van der Waals surface area contributed by atoms with Crippen molar-refractivity contribution in [3.8, 4) is 0 Å². The van der Waals surface area contributed by atoms with E-state index in [-0.39, 0.29) is 40.1 Å². The second-order valence-corrected chi connectivity index (χ2v) is 13.4. The van der Waals surface area contributed by atoms with E-state index < -0.39 is 16.2 Å². The number of fused-ring (bicyclic) bond motifs is 1. The van der Waals surface area contributed by atoms with Crippen molar-refractivity contribution in [3.63, 3.8) is 0 Å². The van der Waals surface area contributed by atoms with E-state index in [0.717, 1.165) is 6.42 Å². The highest BCUT2D eigenvalue weighted by molar-refractivity contribution is 7.97. The Morgan fingerprint density at radius 2 is 1.44 bits per heavy atom. The molecule has 5 nitrogen and oxygen atoms in total. The van der Waals surface area contributed by atoms with Crippen molar-refractivity contribution in [3.05, 3.63) is 90.5 Å². The summed E-state index contributed by atoms with van der Waals surface area (Å²) in [4.78, 5) is 15.3. The second-order valence-electron chi connectivity index (χ2n) is 9.54. The number of hydrogen-bond acceptors (Lipinski definition) is 5. The Bertz CT molecular complexity index is 1250. The van der Waals surface area contributed by atoms with Crippen molar-refractivity contribution in [1.29, 1.82) is 0 Å². The Labute approximate surface area is 216 Å². The van der Waals surface area contributed by atoms with Crippen LogP contribution >= 0.6 is 0 Å². The average Bonchev–Trinajstić information content (AvgIpc) is 3.52. The van der Waals surface area contributed by atoms with Gasteiger partial charge >= 0.3 is 5.97 Å². The summed E-state index contributed by atoms with van der Waals surface area (Å²) >= 11 is 0. The molecule has 3 aromatic carbocycles. The predicted octanol–water partition coefficient (Wildman–Crippen LogP) is 5.54. The molecule has 1 aliphatic heterocycles. The maximum atomic E-state index is 11.6. The Balaban J connectivity index is 0.000000152. The first kappa shape index (κ1) is 25.1. The van der Waals surface area contributed by atoms with Crippen LogP contribution in [0.25, 0.3) is 0 Å². The number of aryl methyl sites for hydroxylation is 1. The van der Waals surface area contributed by atoms with Crippen LogP contribution in [0.15, 0.2) is 99.6 Å². The lowest BCUT2D eigenvalue weighted by Gasteiger charge is -2.24. The average molecular weight is 524 g/mol. The molecule has 7 heteroatoms. The Hall–Kier alpha value is -2.61. The SMILES string of the molecule is CCC(=O)OC1C2CC3C1OS(=O)(=O)C3C2.Cc1ccc([S+](c2ccccc2)c2ccccc2)cc1. The molecule has 1 saturated heterocycles. The smallest absolute Gasteiger partial charge is 0.305 e. The van der Waals surface area contributed by atoms with Gasteiger partial charge in [0.15, 0.2) is 14.7 Å². The molecular formula is C29H31O5S2+. The normalized spacial score (nSPS) is 26.9. The van der Waals surface area contributed by atoms with Crippen molar-refractivity contribution in [2.45, 2.75) is 65.3 Å². The molecule has 3 fully saturated rings. The van der Waals surface area contributed by atoms with Crippen molar-refractivity contribution in [2.24, 2.45) is 11.8 Å². The van der Waals surface area contributed by atoms with Gasteiger partial charge in [-0.3, -0.25) is 8.98 Å². The summed E-state index contributed by atoms with van der Waals surface area (Å²) in [6.07, 6.45) is 0.966. The van der Waals surface area contributed by atoms with Gasteiger partial charge in [0.1, 0.15) is 12.2 Å². The van der Waals surface area contributed by atoms with E-state index in [9.17, 15) is 13.2 Å². The van der Waals surface area contributed by atoms with Crippen LogP contribution in [0.2, 0.25) is 0 Å². The Kier molecular flexibility index (Phi) is 7.24. The Morgan fingerprint density at radius 3 is 2.00 bits per heavy atom. The molecule has 0 aromatic heterocycles. The quantitative estimate of drug-likeness (QED) is 0.250. The molecule has 3 aromatic rings. The molecule has 0 spiro atoms. The third kappa shape index (κ3) is 4.97. The standard InChI is InChI=1S/C19H17S.C10H14O5S/c1-16-12-14-19(15-13-16)20(17-8-4-2-5-9-17)18-10-6-3-7-11-18;1-2-8(11)14-9-5-3-6-7(4-5)16(12,13)15-10(6)9/h2-15H,1H3;5-7,9-10H,2-4H2,1H3/q+1;. The van der Waals surface area contributed by atoms with Crippen LogP contribution in [0, 0.1) is 18.8 Å². The highest BCUT2D eigenvalue weighted by atomic mass is 32.2. The first-order valence-electron chi connectivity index (χ1n) is 12.4. The van der Waals surface area contributed by atoms with E-state index >= 15 is 0 Å². The van der Waals surface area contributed by atoms with Gasteiger partial charge in [0.25, 0.3) is 10.1 Å². The predicted molar refractivity (Wildman–Crippen MR) is 140 cm³/mol. The minimum atomic E-state index is -3.40. The molecule has 6 rings (SSSR count). The fraction of sp³-hybridized carbons (Fsp3) is 0.345. The fourth-order valence-corrected chi connectivity index (χ4v) is 9.44. The molecular weight excluding hydrogens is 492 g/mol. The largest absolute Gasteiger partial charge is 0.459 e. The van der Waals surface area contributed by atoms with Crippen LogP contribution < -0.4 is 0 Å². The molecule has 0 radical (unpaired) electrons. The lowest BCUT2D eigenvalue weighted by atomic mass is 9.94. The number of rotatable bonds is 5. The third-order valence-corrected chi connectivity index (χ3v) is 11.2. The summed E-state index contributed by atoms with van der Waals surface area (Å²) in [5.41, 5.74) is 1.30. The van der Waals surface area contributed by atoms with Gasteiger partial charge in [-0.25, -0.2) is 0 Å².